The number of thioether (sulfide) groups is 1. The molecular weight excluding hydrogens is 462 g/mol. The molecule has 2 aromatic heterocycles. The third-order valence-electron chi connectivity index (χ3n) is 4.95. The summed E-state index contributed by atoms with van der Waals surface area (Å²) >= 11 is 5.74. The van der Waals surface area contributed by atoms with Gasteiger partial charge in [0.1, 0.15) is 5.25 Å². The van der Waals surface area contributed by atoms with Gasteiger partial charge >= 0.3 is 4.87 Å². The Morgan fingerprint density at radius 1 is 1.07 bits per heavy atom. The van der Waals surface area contributed by atoms with Gasteiger partial charge in [-0.3, -0.25) is 19.4 Å². The van der Waals surface area contributed by atoms with Crippen molar-refractivity contribution in [1.82, 2.24) is 9.97 Å². The Hall–Kier alpha value is -2.23. The normalized spacial score (nSPS) is 23.6. The highest BCUT2D eigenvalue weighted by Crippen LogP contribution is 2.52. The fourth-order valence-corrected chi connectivity index (χ4v) is 6.56. The highest BCUT2D eigenvalue weighted by atomic mass is 79.9. The van der Waals surface area contributed by atoms with Crippen LogP contribution in [0.25, 0.3) is 0 Å². The number of aromatic nitrogens is 2. The molecule has 6 nitrogen and oxygen atoms in total. The Bertz CT molecular complexity index is 1140. The Morgan fingerprint density at radius 2 is 1.86 bits per heavy atom. The van der Waals surface area contributed by atoms with E-state index in [1.54, 1.807) is 42.7 Å². The molecular formula is C19H12BrN3O3S2. The zero-order valence-electron chi connectivity index (χ0n) is 14.2. The summed E-state index contributed by atoms with van der Waals surface area (Å²) in [6, 6.07) is 10.8. The Labute approximate surface area is 176 Å². The van der Waals surface area contributed by atoms with Gasteiger partial charge in [-0.05, 0) is 35.9 Å². The Morgan fingerprint density at radius 3 is 2.57 bits per heavy atom. The molecule has 2 amide bonds. The number of nitrogens with zero attached hydrogens (tertiary/aromatic N) is 2. The van der Waals surface area contributed by atoms with E-state index in [2.05, 4.69) is 25.9 Å². The molecule has 0 unspecified atom stereocenters. The number of anilines is 1. The van der Waals surface area contributed by atoms with Crippen molar-refractivity contribution in [2.75, 3.05) is 4.90 Å². The van der Waals surface area contributed by atoms with Gasteiger partial charge in [0.2, 0.25) is 11.8 Å². The molecule has 0 aliphatic carbocycles. The average molecular weight is 474 g/mol. The molecule has 5 rings (SSSR count). The number of pyridine rings is 1. The van der Waals surface area contributed by atoms with Gasteiger partial charge in [-0.1, -0.05) is 45.1 Å². The molecule has 2 aliphatic rings. The zero-order chi connectivity index (χ0) is 19.4. The average Bonchev–Trinajstić information content (AvgIpc) is 3.18. The predicted molar refractivity (Wildman–Crippen MR) is 111 cm³/mol. The van der Waals surface area contributed by atoms with Crippen LogP contribution in [0, 0.1) is 5.92 Å². The molecule has 28 heavy (non-hydrogen) atoms. The second-order valence-electron chi connectivity index (χ2n) is 6.52. The number of fused-ring (bicyclic) bond motifs is 2. The van der Waals surface area contributed by atoms with Crippen molar-refractivity contribution in [3.8, 4) is 0 Å². The van der Waals surface area contributed by atoms with Gasteiger partial charge in [0, 0.05) is 27.7 Å². The van der Waals surface area contributed by atoms with Crippen molar-refractivity contribution in [1.29, 1.82) is 0 Å². The summed E-state index contributed by atoms with van der Waals surface area (Å²) in [5, 5.41) is 0.0861. The summed E-state index contributed by atoms with van der Waals surface area (Å²) in [4.78, 5) is 47.5. The number of thiazole rings is 1. The number of aromatic amines is 1. The molecule has 140 valence electrons. The molecule has 1 saturated heterocycles. The summed E-state index contributed by atoms with van der Waals surface area (Å²) < 4.78 is 0.870. The zero-order valence-corrected chi connectivity index (χ0v) is 17.4. The van der Waals surface area contributed by atoms with E-state index in [4.69, 9.17) is 0 Å². The number of carbonyl (C=O) groups is 2. The lowest BCUT2D eigenvalue weighted by Gasteiger charge is -2.29. The minimum atomic E-state index is -0.584. The van der Waals surface area contributed by atoms with E-state index in [0.717, 1.165) is 26.3 Å². The number of amides is 2. The van der Waals surface area contributed by atoms with E-state index in [-0.39, 0.29) is 22.6 Å². The minimum Gasteiger partial charge on any atom is -0.307 e. The maximum absolute atomic E-state index is 13.4. The lowest BCUT2D eigenvalue weighted by molar-refractivity contribution is -0.122. The van der Waals surface area contributed by atoms with Crippen LogP contribution in [-0.4, -0.2) is 27.0 Å². The maximum Gasteiger partial charge on any atom is 0.305 e. The third kappa shape index (κ3) is 2.68. The summed E-state index contributed by atoms with van der Waals surface area (Å²) in [5.41, 5.74) is 1.38. The number of hydrogen-bond acceptors (Lipinski definition) is 6. The van der Waals surface area contributed by atoms with Gasteiger partial charge in [0.05, 0.1) is 16.6 Å². The molecule has 1 aromatic carbocycles. The van der Waals surface area contributed by atoms with E-state index in [0.29, 0.717) is 10.7 Å². The van der Waals surface area contributed by atoms with Gasteiger partial charge in [-0.2, -0.15) is 0 Å². The van der Waals surface area contributed by atoms with Crippen molar-refractivity contribution in [2.24, 2.45) is 5.92 Å². The second kappa shape index (κ2) is 6.68. The summed E-state index contributed by atoms with van der Waals surface area (Å²) in [5.74, 6) is -1.46. The largest absolute Gasteiger partial charge is 0.307 e. The van der Waals surface area contributed by atoms with Crippen LogP contribution in [0.2, 0.25) is 0 Å². The number of halogens is 1. The van der Waals surface area contributed by atoms with Crippen molar-refractivity contribution >= 4 is 56.5 Å². The standard InChI is InChI=1S/C19H12BrN3O3S2/c20-10-3-5-11(6-4-10)23-17(24)13-12(9-2-1-7-21-8-9)14-16(22-19(26)28-14)27-15(13)18(23)25/h1-8,12-13,15H,(H,22,26)/t12-,13-,15+/m0/s1. The van der Waals surface area contributed by atoms with Crippen LogP contribution < -0.4 is 9.77 Å². The van der Waals surface area contributed by atoms with Crippen LogP contribution in [0.1, 0.15) is 16.4 Å². The van der Waals surface area contributed by atoms with Gasteiger partial charge in [0.25, 0.3) is 0 Å². The maximum atomic E-state index is 13.4. The first-order valence-corrected chi connectivity index (χ1v) is 11.0. The molecule has 1 fully saturated rings. The number of hydrogen-bond donors (Lipinski definition) is 1. The quantitative estimate of drug-likeness (QED) is 0.576. The highest BCUT2D eigenvalue weighted by molar-refractivity contribution is 9.10. The third-order valence-corrected chi connectivity index (χ3v) is 7.88. The van der Waals surface area contributed by atoms with E-state index in [1.165, 1.54) is 16.7 Å². The van der Waals surface area contributed by atoms with E-state index >= 15 is 0 Å². The Balaban J connectivity index is 1.65. The fraction of sp³-hybridized carbons (Fsp3) is 0.158. The molecule has 4 heterocycles. The van der Waals surface area contributed by atoms with Crippen molar-refractivity contribution in [2.45, 2.75) is 16.2 Å². The van der Waals surface area contributed by atoms with Gasteiger partial charge in [-0.25, -0.2) is 4.90 Å². The van der Waals surface area contributed by atoms with Crippen LogP contribution in [0.15, 0.2) is 63.1 Å². The van der Waals surface area contributed by atoms with E-state index in [1.807, 2.05) is 6.07 Å². The molecule has 0 radical (unpaired) electrons. The van der Waals surface area contributed by atoms with Crippen LogP contribution in [-0.2, 0) is 9.59 Å². The first-order chi connectivity index (χ1) is 13.5. The first-order valence-electron chi connectivity index (χ1n) is 8.47. The molecule has 1 N–H and O–H groups in total. The molecule has 0 bridgehead atoms. The number of nitrogens with one attached hydrogen (secondary N) is 1. The minimum absolute atomic E-state index is 0.184. The van der Waals surface area contributed by atoms with Crippen LogP contribution in [0.3, 0.4) is 0 Å². The SMILES string of the molecule is O=C1[C@H]2[C@H](c3cccnc3)c3sc(=O)[nH]c3S[C@H]2C(=O)N1c1ccc(Br)cc1. The summed E-state index contributed by atoms with van der Waals surface area (Å²) in [6.45, 7) is 0. The topological polar surface area (TPSA) is 83.1 Å². The van der Waals surface area contributed by atoms with Crippen molar-refractivity contribution in [3.05, 3.63) is 73.4 Å². The van der Waals surface area contributed by atoms with Gasteiger partial charge in [0.15, 0.2) is 0 Å². The molecule has 9 heteroatoms. The number of benzene rings is 1. The van der Waals surface area contributed by atoms with E-state index in [9.17, 15) is 14.4 Å². The Kier molecular flexibility index (Phi) is 4.26. The first kappa shape index (κ1) is 17.8. The lowest BCUT2D eigenvalue weighted by atomic mass is 9.84. The fourth-order valence-electron chi connectivity index (χ4n) is 3.78. The highest BCUT2D eigenvalue weighted by Gasteiger charge is 2.56. The van der Waals surface area contributed by atoms with Gasteiger partial charge in [-0.15, -0.1) is 0 Å². The molecule has 0 saturated carbocycles. The van der Waals surface area contributed by atoms with Crippen molar-refractivity contribution < 1.29 is 9.59 Å². The summed E-state index contributed by atoms with van der Waals surface area (Å²) in [7, 11) is 0. The van der Waals surface area contributed by atoms with Crippen molar-refractivity contribution in [3.63, 3.8) is 0 Å². The van der Waals surface area contributed by atoms with E-state index < -0.39 is 11.2 Å². The molecule has 2 aliphatic heterocycles. The summed E-state index contributed by atoms with van der Waals surface area (Å²) in [6.07, 6.45) is 3.36. The number of rotatable bonds is 2. The second-order valence-corrected chi connectivity index (χ2v) is 9.61. The van der Waals surface area contributed by atoms with Crippen LogP contribution >= 0.6 is 39.0 Å². The lowest BCUT2D eigenvalue weighted by Crippen LogP contribution is -2.32. The number of carbonyl (C=O) groups excluding carboxylic acids is 2. The number of imide groups is 1. The van der Waals surface area contributed by atoms with Crippen LogP contribution in [0.4, 0.5) is 5.69 Å². The van der Waals surface area contributed by atoms with Crippen LogP contribution in [0.5, 0.6) is 0 Å². The molecule has 0 spiro atoms. The van der Waals surface area contributed by atoms with Gasteiger partial charge < -0.3 is 4.98 Å². The predicted octanol–water partition coefficient (Wildman–Crippen LogP) is 3.39. The smallest absolute Gasteiger partial charge is 0.305 e. The molecule has 3 atom stereocenters. The number of H-pyrrole nitrogens is 1. The molecule has 3 aromatic rings. The monoisotopic (exact) mass is 473 g/mol.